The first-order valence-corrected chi connectivity index (χ1v) is 6.86. The van der Waals surface area contributed by atoms with E-state index >= 15 is 0 Å². The molecule has 4 atom stereocenters. The summed E-state index contributed by atoms with van der Waals surface area (Å²) in [6.07, 6.45) is -6.36. The van der Waals surface area contributed by atoms with Crippen molar-refractivity contribution >= 4 is 30.2 Å². The number of hydrogen-bond acceptors (Lipinski definition) is 10. The maximum Gasteiger partial charge on any atom is 0.303 e. The minimum absolute atomic E-state index is 0.157. The smallest absolute Gasteiger partial charge is 0.303 e. The van der Waals surface area contributed by atoms with Gasteiger partial charge < -0.3 is 24.1 Å². The lowest BCUT2D eigenvalue weighted by molar-refractivity contribution is -0.195. The zero-order chi connectivity index (χ0) is 18.9. The summed E-state index contributed by atoms with van der Waals surface area (Å²) >= 11 is 0. The Balaban J connectivity index is 5.55. The minimum Gasteiger partial charge on any atom is -0.463 e. The van der Waals surface area contributed by atoms with E-state index in [1.165, 1.54) is 0 Å². The number of esters is 4. The highest BCUT2D eigenvalue weighted by Gasteiger charge is 2.41. The average Bonchev–Trinajstić information content (AvgIpc) is 2.45. The molecule has 0 aliphatic heterocycles. The highest BCUT2D eigenvalue weighted by Crippen LogP contribution is 2.17. The maximum atomic E-state index is 11.3. The van der Waals surface area contributed by atoms with Crippen molar-refractivity contribution in [3.8, 4) is 0 Å². The fourth-order valence-corrected chi connectivity index (χ4v) is 1.73. The van der Waals surface area contributed by atoms with Crippen LogP contribution in [0.4, 0.5) is 0 Å². The number of rotatable bonds is 9. The van der Waals surface area contributed by atoms with E-state index < -0.39 is 54.9 Å². The first-order valence-electron chi connectivity index (χ1n) is 6.86. The summed E-state index contributed by atoms with van der Waals surface area (Å²) in [6.45, 7) is 3.52. The molecule has 136 valence electrons. The Bertz CT molecular complexity index is 486. The molecular weight excluding hydrogens is 328 g/mol. The van der Waals surface area contributed by atoms with Gasteiger partial charge in [-0.1, -0.05) is 0 Å². The number of carbonyl (C=O) groups excluding carboxylic acids is 5. The molecule has 0 unspecified atom stereocenters. The number of ether oxygens (including phenoxy) is 4. The van der Waals surface area contributed by atoms with Crippen LogP contribution < -0.4 is 0 Å². The van der Waals surface area contributed by atoms with E-state index in [-0.39, 0.29) is 6.29 Å². The summed E-state index contributed by atoms with van der Waals surface area (Å²) in [7, 11) is 0. The van der Waals surface area contributed by atoms with E-state index in [4.69, 9.17) is 14.2 Å². The fourth-order valence-electron chi connectivity index (χ4n) is 1.73. The molecule has 0 amide bonds. The van der Waals surface area contributed by atoms with Crippen molar-refractivity contribution in [2.24, 2.45) is 0 Å². The van der Waals surface area contributed by atoms with Gasteiger partial charge in [-0.25, -0.2) is 0 Å². The quantitative estimate of drug-likeness (QED) is 0.310. The van der Waals surface area contributed by atoms with Crippen molar-refractivity contribution in [2.45, 2.75) is 52.1 Å². The lowest BCUT2D eigenvalue weighted by atomic mass is 10.0. The third-order valence-corrected chi connectivity index (χ3v) is 2.52. The monoisotopic (exact) mass is 348 g/mol. The Kier molecular flexibility index (Phi) is 9.25. The van der Waals surface area contributed by atoms with Crippen LogP contribution in [0.2, 0.25) is 0 Å². The molecule has 0 saturated carbocycles. The largest absolute Gasteiger partial charge is 0.463 e. The second kappa shape index (κ2) is 10.3. The van der Waals surface area contributed by atoms with Gasteiger partial charge in [0, 0.05) is 27.7 Å². The van der Waals surface area contributed by atoms with Gasteiger partial charge >= 0.3 is 23.9 Å². The van der Waals surface area contributed by atoms with Crippen LogP contribution in [-0.2, 0) is 42.9 Å². The predicted molar refractivity (Wildman–Crippen MR) is 75.4 cm³/mol. The third-order valence-electron chi connectivity index (χ3n) is 2.52. The van der Waals surface area contributed by atoms with Crippen LogP contribution in [0, 0.1) is 0 Å². The first kappa shape index (κ1) is 21.5. The zero-order valence-electron chi connectivity index (χ0n) is 13.7. The van der Waals surface area contributed by atoms with E-state index in [9.17, 15) is 29.1 Å². The maximum absolute atomic E-state index is 11.3. The molecule has 24 heavy (non-hydrogen) atoms. The minimum atomic E-state index is -1.64. The Morgan fingerprint density at radius 1 is 0.833 bits per heavy atom. The molecule has 0 saturated heterocycles. The summed E-state index contributed by atoms with van der Waals surface area (Å²) in [4.78, 5) is 55.6. The summed E-state index contributed by atoms with van der Waals surface area (Å²) in [5, 5.41) is 10.1. The van der Waals surface area contributed by atoms with Crippen molar-refractivity contribution in [1.82, 2.24) is 0 Å². The molecular formula is C14H20O10. The van der Waals surface area contributed by atoms with Gasteiger partial charge in [0.15, 0.2) is 24.6 Å². The van der Waals surface area contributed by atoms with Crippen molar-refractivity contribution < 1.29 is 48.0 Å². The molecule has 0 rings (SSSR count). The van der Waals surface area contributed by atoms with Gasteiger partial charge in [-0.3, -0.25) is 24.0 Å². The van der Waals surface area contributed by atoms with E-state index in [1.807, 2.05) is 0 Å². The van der Waals surface area contributed by atoms with Gasteiger partial charge in [0.2, 0.25) is 0 Å². The van der Waals surface area contributed by atoms with Gasteiger partial charge in [-0.15, -0.1) is 0 Å². The second-order valence-corrected chi connectivity index (χ2v) is 4.73. The Hall–Kier alpha value is -2.49. The lowest BCUT2D eigenvalue weighted by Gasteiger charge is -2.31. The van der Waals surface area contributed by atoms with E-state index in [0.29, 0.717) is 0 Å². The molecule has 0 radical (unpaired) electrons. The standard InChI is InChI=1S/C14H20O10/c1-7(16)21-6-11(20)13(23-9(3)18)14(24-10(4)19)12(5-15)22-8(2)17/h5,11-14,20H,6H2,1-4H3/t11-,12-,13-,14+/m1/s1. The number of hydrogen-bond donors (Lipinski definition) is 1. The Labute approximate surface area is 138 Å². The van der Waals surface area contributed by atoms with Crippen LogP contribution in [0.1, 0.15) is 27.7 Å². The third kappa shape index (κ3) is 8.22. The van der Waals surface area contributed by atoms with Gasteiger partial charge in [-0.2, -0.15) is 0 Å². The molecule has 0 spiro atoms. The van der Waals surface area contributed by atoms with Gasteiger partial charge in [0.05, 0.1) is 0 Å². The van der Waals surface area contributed by atoms with Crippen LogP contribution in [-0.4, -0.2) is 66.3 Å². The van der Waals surface area contributed by atoms with Crippen molar-refractivity contribution in [3.63, 3.8) is 0 Å². The lowest BCUT2D eigenvalue weighted by Crippen LogP contribution is -2.52. The summed E-state index contributed by atoms with van der Waals surface area (Å²) in [5.74, 6) is -3.32. The molecule has 0 bridgehead atoms. The van der Waals surface area contributed by atoms with Gasteiger partial charge in [-0.05, 0) is 0 Å². The molecule has 10 nitrogen and oxygen atoms in total. The topological polar surface area (TPSA) is 143 Å². The highest BCUT2D eigenvalue weighted by atomic mass is 16.6. The van der Waals surface area contributed by atoms with Crippen LogP contribution in [0.3, 0.4) is 0 Å². The fraction of sp³-hybridized carbons (Fsp3) is 0.643. The molecule has 0 fully saturated rings. The predicted octanol–water partition coefficient (Wildman–Crippen LogP) is -1.10. The summed E-state index contributed by atoms with van der Waals surface area (Å²) < 4.78 is 19.0. The van der Waals surface area contributed by atoms with Gasteiger partial charge in [0.1, 0.15) is 12.7 Å². The summed E-state index contributed by atoms with van der Waals surface area (Å²) in [6, 6.07) is 0. The molecule has 0 aliphatic carbocycles. The number of aldehydes is 1. The van der Waals surface area contributed by atoms with E-state index in [0.717, 1.165) is 27.7 Å². The van der Waals surface area contributed by atoms with Gasteiger partial charge in [0.25, 0.3) is 0 Å². The summed E-state index contributed by atoms with van der Waals surface area (Å²) in [5.41, 5.74) is 0. The highest BCUT2D eigenvalue weighted by molar-refractivity contribution is 5.72. The zero-order valence-corrected chi connectivity index (χ0v) is 13.7. The van der Waals surface area contributed by atoms with Crippen molar-refractivity contribution in [2.75, 3.05) is 6.61 Å². The van der Waals surface area contributed by atoms with Crippen molar-refractivity contribution in [3.05, 3.63) is 0 Å². The average molecular weight is 348 g/mol. The Morgan fingerprint density at radius 3 is 1.67 bits per heavy atom. The SMILES string of the molecule is CC(=O)OC[C@@H](O)[C@@H](OC(C)=O)[C@@H](OC(C)=O)[C@@H](C=O)OC(C)=O. The molecule has 0 aromatic heterocycles. The molecule has 0 aromatic rings. The van der Waals surface area contributed by atoms with E-state index in [2.05, 4.69) is 4.74 Å². The van der Waals surface area contributed by atoms with Crippen LogP contribution in [0.5, 0.6) is 0 Å². The van der Waals surface area contributed by atoms with Crippen LogP contribution in [0.15, 0.2) is 0 Å². The van der Waals surface area contributed by atoms with Crippen LogP contribution >= 0.6 is 0 Å². The second-order valence-electron chi connectivity index (χ2n) is 4.73. The first-order chi connectivity index (χ1) is 11.1. The molecule has 10 heteroatoms. The van der Waals surface area contributed by atoms with E-state index in [1.54, 1.807) is 0 Å². The molecule has 0 aliphatic rings. The number of aliphatic hydroxyl groups excluding tert-OH is 1. The molecule has 0 aromatic carbocycles. The normalized spacial score (nSPS) is 15.2. The van der Waals surface area contributed by atoms with Crippen LogP contribution in [0.25, 0.3) is 0 Å². The molecule has 0 heterocycles. The number of carbonyl (C=O) groups is 5. The number of aliphatic hydroxyl groups is 1. The van der Waals surface area contributed by atoms with Crippen molar-refractivity contribution in [1.29, 1.82) is 0 Å². The Morgan fingerprint density at radius 2 is 1.29 bits per heavy atom. The molecule has 1 N–H and O–H groups in total.